The Kier molecular flexibility index (Phi) is 8.43. The van der Waals surface area contributed by atoms with Crippen LogP contribution in [0.1, 0.15) is 35.2 Å². The first-order valence-corrected chi connectivity index (χ1v) is 10.3. The molecule has 0 saturated heterocycles. The highest BCUT2D eigenvalue weighted by Gasteiger charge is 2.06. The largest absolute Gasteiger partial charge is 0.487 e. The van der Waals surface area contributed by atoms with Crippen LogP contribution in [0.25, 0.3) is 0 Å². The number of aromatic nitrogens is 1. The Balaban J connectivity index is 1.68. The van der Waals surface area contributed by atoms with Crippen LogP contribution in [0.2, 0.25) is 0 Å². The number of aryl methyl sites for hydroxylation is 1. The van der Waals surface area contributed by atoms with Gasteiger partial charge in [-0.15, -0.1) is 0 Å². The van der Waals surface area contributed by atoms with Crippen molar-refractivity contribution < 1.29 is 9.47 Å². The summed E-state index contributed by atoms with van der Waals surface area (Å²) in [7, 11) is 0. The fourth-order valence-electron chi connectivity index (χ4n) is 2.98. The molecule has 3 heteroatoms. The van der Waals surface area contributed by atoms with E-state index >= 15 is 0 Å². The Bertz CT molecular complexity index is 956. The normalized spacial score (nSPS) is 11.4. The predicted molar refractivity (Wildman–Crippen MR) is 122 cm³/mol. The van der Waals surface area contributed by atoms with Crippen molar-refractivity contribution >= 4 is 0 Å². The van der Waals surface area contributed by atoms with E-state index in [0.29, 0.717) is 19.8 Å². The molecule has 1 aromatic heterocycles. The first-order chi connectivity index (χ1) is 14.7. The minimum atomic E-state index is 0.229. The molecule has 3 aromatic rings. The molecule has 3 rings (SSSR count). The van der Waals surface area contributed by atoms with Crippen LogP contribution in [0.15, 0.2) is 97.2 Å². The van der Waals surface area contributed by atoms with Gasteiger partial charge >= 0.3 is 0 Å². The van der Waals surface area contributed by atoms with E-state index in [0.717, 1.165) is 22.6 Å². The van der Waals surface area contributed by atoms with Gasteiger partial charge in [0.1, 0.15) is 12.4 Å². The second kappa shape index (κ2) is 11.7. The fourth-order valence-corrected chi connectivity index (χ4v) is 2.98. The lowest BCUT2D eigenvalue weighted by Crippen LogP contribution is -2.04. The lowest BCUT2D eigenvalue weighted by atomic mass is 10.1. The van der Waals surface area contributed by atoms with Crippen LogP contribution in [-0.4, -0.2) is 11.6 Å². The molecule has 0 radical (unpaired) electrons. The van der Waals surface area contributed by atoms with Gasteiger partial charge in [-0.05, 0) is 29.7 Å². The average molecular weight is 400 g/mol. The second-order valence-electron chi connectivity index (χ2n) is 7.29. The molecule has 0 aliphatic carbocycles. The van der Waals surface area contributed by atoms with Gasteiger partial charge in [-0.25, -0.2) is 0 Å². The molecule has 2 aromatic carbocycles. The number of rotatable bonds is 8. The molecular formula is C27H29NO2. The SMILES string of the molecule is Cc1ncc([C@H](C)COCc2ccccc2)cccccc1OCc1ccccc1. The second-order valence-corrected chi connectivity index (χ2v) is 7.29. The van der Waals surface area contributed by atoms with Gasteiger partial charge in [-0.3, -0.25) is 4.98 Å². The molecule has 1 heterocycles. The third-order valence-electron chi connectivity index (χ3n) is 4.81. The lowest BCUT2D eigenvalue weighted by molar-refractivity contribution is 0.110. The highest BCUT2D eigenvalue weighted by Crippen LogP contribution is 2.17. The molecule has 0 fully saturated rings. The maximum atomic E-state index is 6.02. The molecule has 0 aliphatic heterocycles. The Labute approximate surface area is 179 Å². The van der Waals surface area contributed by atoms with E-state index in [9.17, 15) is 0 Å². The number of hydrogen-bond donors (Lipinski definition) is 0. The van der Waals surface area contributed by atoms with Crippen LogP contribution >= 0.6 is 0 Å². The van der Waals surface area contributed by atoms with Crippen molar-refractivity contribution in [1.82, 2.24) is 4.98 Å². The van der Waals surface area contributed by atoms with E-state index in [1.54, 1.807) is 0 Å². The molecule has 0 amide bonds. The molecule has 0 spiro atoms. The van der Waals surface area contributed by atoms with Crippen molar-refractivity contribution in [3.8, 4) is 5.75 Å². The van der Waals surface area contributed by atoms with Gasteiger partial charge < -0.3 is 9.47 Å². The highest BCUT2D eigenvalue weighted by molar-refractivity contribution is 5.26. The quantitative estimate of drug-likeness (QED) is 0.438. The molecular weight excluding hydrogens is 370 g/mol. The van der Waals surface area contributed by atoms with E-state index < -0.39 is 0 Å². The monoisotopic (exact) mass is 399 g/mol. The van der Waals surface area contributed by atoms with E-state index in [2.05, 4.69) is 42.2 Å². The minimum Gasteiger partial charge on any atom is -0.487 e. The molecule has 0 N–H and O–H groups in total. The Hall–Kier alpha value is -3.17. The van der Waals surface area contributed by atoms with Crippen molar-refractivity contribution in [3.05, 3.63) is 120 Å². The van der Waals surface area contributed by atoms with E-state index in [4.69, 9.17) is 9.47 Å². The van der Waals surface area contributed by atoms with Crippen LogP contribution in [0.4, 0.5) is 0 Å². The summed E-state index contributed by atoms with van der Waals surface area (Å²) in [5.74, 6) is 1.00. The molecule has 0 unspecified atom stereocenters. The van der Waals surface area contributed by atoms with Crippen molar-refractivity contribution in [2.45, 2.75) is 33.0 Å². The van der Waals surface area contributed by atoms with Crippen LogP contribution in [0, 0.1) is 6.92 Å². The van der Waals surface area contributed by atoms with Gasteiger partial charge in [-0.2, -0.15) is 0 Å². The third kappa shape index (κ3) is 7.02. The summed E-state index contributed by atoms with van der Waals surface area (Å²) in [4.78, 5) is 4.67. The number of nitrogens with zero attached hydrogens (tertiary/aromatic N) is 1. The van der Waals surface area contributed by atoms with Gasteiger partial charge in [0.15, 0.2) is 0 Å². The number of hydrogen-bond acceptors (Lipinski definition) is 3. The first-order valence-electron chi connectivity index (χ1n) is 10.3. The standard InChI is InChI=1S/C27H29NO2/c1-22(19-29-20-24-12-6-3-7-13-24)26-16-10-5-11-17-27(23(2)28-18-26)30-21-25-14-8-4-9-15-25/h3-18,22H,19-21H2,1-2H3/t22-/m1/s1. The van der Waals surface area contributed by atoms with Crippen LogP contribution in [-0.2, 0) is 18.0 Å². The van der Waals surface area contributed by atoms with Crippen LogP contribution in [0.5, 0.6) is 5.75 Å². The molecule has 0 aliphatic rings. The summed E-state index contributed by atoms with van der Waals surface area (Å²) in [6.07, 6.45) is 1.92. The summed E-state index contributed by atoms with van der Waals surface area (Å²) in [5, 5.41) is 0. The van der Waals surface area contributed by atoms with Crippen molar-refractivity contribution in [2.24, 2.45) is 0 Å². The summed E-state index contributed by atoms with van der Waals surface area (Å²) >= 11 is 0. The number of benzene rings is 2. The smallest absolute Gasteiger partial charge is 0.140 e. The fraction of sp³-hybridized carbons (Fsp3) is 0.222. The zero-order valence-electron chi connectivity index (χ0n) is 17.7. The predicted octanol–water partition coefficient (Wildman–Crippen LogP) is 6.41. The maximum Gasteiger partial charge on any atom is 0.140 e. The van der Waals surface area contributed by atoms with Gasteiger partial charge in [0, 0.05) is 12.1 Å². The Morgan fingerprint density at radius 3 is 1.97 bits per heavy atom. The maximum absolute atomic E-state index is 6.02. The lowest BCUT2D eigenvalue weighted by Gasteiger charge is -2.12. The zero-order valence-corrected chi connectivity index (χ0v) is 17.7. The molecule has 1 atom stereocenters. The van der Waals surface area contributed by atoms with Gasteiger partial charge in [-0.1, -0.05) is 91.9 Å². The zero-order chi connectivity index (χ0) is 21.0. The van der Waals surface area contributed by atoms with E-state index in [-0.39, 0.29) is 5.92 Å². The van der Waals surface area contributed by atoms with Gasteiger partial charge in [0.25, 0.3) is 0 Å². The number of ether oxygens (including phenoxy) is 2. The first kappa shape index (κ1) is 21.5. The summed E-state index contributed by atoms with van der Waals surface area (Å²) in [6.45, 7) is 5.90. The average Bonchev–Trinajstić information content (AvgIpc) is 2.78. The summed E-state index contributed by atoms with van der Waals surface area (Å²) in [6, 6.07) is 30.5. The third-order valence-corrected chi connectivity index (χ3v) is 4.81. The van der Waals surface area contributed by atoms with Crippen molar-refractivity contribution in [3.63, 3.8) is 0 Å². The highest BCUT2D eigenvalue weighted by atomic mass is 16.5. The Morgan fingerprint density at radius 1 is 0.733 bits per heavy atom. The molecule has 0 saturated carbocycles. The van der Waals surface area contributed by atoms with Crippen molar-refractivity contribution in [2.75, 3.05) is 6.61 Å². The van der Waals surface area contributed by atoms with Crippen molar-refractivity contribution in [1.29, 1.82) is 0 Å². The summed E-state index contributed by atoms with van der Waals surface area (Å²) < 4.78 is 11.9. The molecule has 3 nitrogen and oxygen atoms in total. The van der Waals surface area contributed by atoms with Crippen LogP contribution in [0.3, 0.4) is 0 Å². The van der Waals surface area contributed by atoms with Gasteiger partial charge in [0.2, 0.25) is 0 Å². The van der Waals surface area contributed by atoms with E-state index in [1.807, 2.05) is 73.8 Å². The van der Waals surface area contributed by atoms with Gasteiger partial charge in [0.05, 0.1) is 18.9 Å². The van der Waals surface area contributed by atoms with Crippen LogP contribution < -0.4 is 4.74 Å². The molecule has 154 valence electrons. The minimum absolute atomic E-state index is 0.229. The molecule has 0 bridgehead atoms. The Morgan fingerprint density at radius 2 is 1.30 bits per heavy atom. The topological polar surface area (TPSA) is 31.4 Å². The van der Waals surface area contributed by atoms with E-state index in [1.165, 1.54) is 5.56 Å². The summed E-state index contributed by atoms with van der Waals surface area (Å²) in [5.41, 5.74) is 4.28. The molecule has 30 heavy (non-hydrogen) atoms.